The summed E-state index contributed by atoms with van der Waals surface area (Å²) in [6.07, 6.45) is 6.48. The van der Waals surface area contributed by atoms with Gasteiger partial charge in [0, 0.05) is 30.4 Å². The molecule has 1 aliphatic heterocycles. The van der Waals surface area contributed by atoms with Gasteiger partial charge < -0.3 is 4.74 Å². The molecule has 2 aromatic heterocycles. The van der Waals surface area contributed by atoms with Crippen LogP contribution in [-0.2, 0) is 28.4 Å². The van der Waals surface area contributed by atoms with Crippen molar-refractivity contribution in [1.82, 2.24) is 19.5 Å². The maximum absolute atomic E-state index is 11.6. The van der Waals surface area contributed by atoms with Crippen LogP contribution in [0.25, 0.3) is 22.0 Å². The van der Waals surface area contributed by atoms with E-state index in [0.717, 1.165) is 39.4 Å². The van der Waals surface area contributed by atoms with Gasteiger partial charge in [-0.3, -0.25) is 9.67 Å². The molecule has 0 saturated carbocycles. The highest BCUT2D eigenvalue weighted by Gasteiger charge is 2.26. The van der Waals surface area contributed by atoms with E-state index in [-0.39, 0.29) is 0 Å². The van der Waals surface area contributed by atoms with Gasteiger partial charge in [0.25, 0.3) is 0 Å². The van der Waals surface area contributed by atoms with Crippen LogP contribution in [0, 0.1) is 0 Å². The van der Waals surface area contributed by atoms with Crippen molar-refractivity contribution in [2.45, 2.75) is 12.6 Å². The summed E-state index contributed by atoms with van der Waals surface area (Å²) in [5.41, 5.74) is 4.80. The number of hydrogen-bond donors (Lipinski definition) is 1. The van der Waals surface area contributed by atoms with Crippen LogP contribution in [0.1, 0.15) is 17.2 Å². The maximum atomic E-state index is 11.6. The van der Waals surface area contributed by atoms with Gasteiger partial charge in [0.15, 0.2) is 0 Å². The number of nitrogens with zero attached hydrogens (tertiary/aromatic N) is 3. The molecule has 3 heterocycles. The Bertz CT molecular complexity index is 1060. The quantitative estimate of drug-likeness (QED) is 0.771. The van der Waals surface area contributed by atoms with Crippen LogP contribution in [-0.4, -0.2) is 36.0 Å². The lowest BCUT2D eigenvalue weighted by atomic mass is 9.93. The summed E-state index contributed by atoms with van der Waals surface area (Å²) in [6.45, 7) is 0.727. The van der Waals surface area contributed by atoms with Crippen LogP contribution in [0.2, 0.25) is 0 Å². The number of ether oxygens (including phenoxy) is 1. The Morgan fingerprint density at radius 3 is 2.92 bits per heavy atom. The Hall–Kier alpha value is -2.29. The summed E-state index contributed by atoms with van der Waals surface area (Å²) in [7, 11) is -1.44. The SMILES string of the molecule is Cn1ncc2ccc(-c3cncc4c3COCC4NS(C)(=O)=O)cc21. The molecule has 8 heteroatoms. The van der Waals surface area contributed by atoms with Gasteiger partial charge in [0.1, 0.15) is 0 Å². The molecule has 0 fully saturated rings. The number of rotatable bonds is 3. The number of pyridine rings is 1. The summed E-state index contributed by atoms with van der Waals surface area (Å²) in [5, 5.41) is 5.34. The summed E-state index contributed by atoms with van der Waals surface area (Å²) >= 11 is 0. The van der Waals surface area contributed by atoms with Crippen molar-refractivity contribution in [2.75, 3.05) is 12.9 Å². The normalized spacial score (nSPS) is 17.6. The van der Waals surface area contributed by atoms with Gasteiger partial charge in [-0.15, -0.1) is 0 Å². The second kappa shape index (κ2) is 5.91. The van der Waals surface area contributed by atoms with Gasteiger partial charge in [0.2, 0.25) is 10.0 Å². The van der Waals surface area contributed by atoms with E-state index in [4.69, 9.17) is 4.74 Å². The van der Waals surface area contributed by atoms with E-state index >= 15 is 0 Å². The molecule has 130 valence electrons. The molecule has 3 aromatic rings. The summed E-state index contributed by atoms with van der Waals surface area (Å²) in [4.78, 5) is 4.33. The number of aryl methyl sites for hydroxylation is 1. The Kier molecular flexibility index (Phi) is 3.82. The van der Waals surface area contributed by atoms with Gasteiger partial charge >= 0.3 is 0 Å². The fraction of sp³-hybridized carbons (Fsp3) is 0.294. The Balaban J connectivity index is 1.83. The fourth-order valence-corrected chi connectivity index (χ4v) is 3.96. The third-order valence-corrected chi connectivity index (χ3v) is 5.13. The molecule has 25 heavy (non-hydrogen) atoms. The van der Waals surface area contributed by atoms with Crippen LogP contribution < -0.4 is 4.72 Å². The van der Waals surface area contributed by atoms with Gasteiger partial charge in [-0.25, -0.2) is 13.1 Å². The number of aromatic nitrogens is 3. The minimum absolute atomic E-state index is 0.298. The van der Waals surface area contributed by atoms with Crippen LogP contribution in [0.3, 0.4) is 0 Å². The lowest BCUT2D eigenvalue weighted by Crippen LogP contribution is -2.33. The minimum Gasteiger partial charge on any atom is -0.375 e. The lowest BCUT2D eigenvalue weighted by Gasteiger charge is -2.27. The largest absolute Gasteiger partial charge is 0.375 e. The van der Waals surface area contributed by atoms with Crippen molar-refractivity contribution in [1.29, 1.82) is 0 Å². The first-order chi connectivity index (χ1) is 11.9. The van der Waals surface area contributed by atoms with E-state index < -0.39 is 16.1 Å². The first-order valence-corrected chi connectivity index (χ1v) is 9.75. The summed E-state index contributed by atoms with van der Waals surface area (Å²) < 4.78 is 33.3. The second-order valence-corrected chi connectivity index (χ2v) is 8.03. The molecule has 1 unspecified atom stereocenters. The first-order valence-electron chi connectivity index (χ1n) is 7.86. The summed E-state index contributed by atoms with van der Waals surface area (Å²) in [5.74, 6) is 0. The zero-order valence-electron chi connectivity index (χ0n) is 13.9. The molecule has 0 radical (unpaired) electrons. The van der Waals surface area contributed by atoms with Crippen LogP contribution >= 0.6 is 0 Å². The smallest absolute Gasteiger partial charge is 0.209 e. The predicted octanol–water partition coefficient (Wildman–Crippen LogP) is 1.76. The molecular weight excluding hydrogens is 340 g/mol. The highest BCUT2D eigenvalue weighted by Crippen LogP contribution is 2.33. The molecule has 0 spiro atoms. The molecule has 7 nitrogen and oxygen atoms in total. The molecule has 0 aliphatic carbocycles. The van der Waals surface area contributed by atoms with Crippen molar-refractivity contribution in [3.05, 3.63) is 47.9 Å². The number of sulfonamides is 1. The molecule has 0 bridgehead atoms. The van der Waals surface area contributed by atoms with Crippen LogP contribution in [0.4, 0.5) is 0 Å². The summed E-state index contributed by atoms with van der Waals surface area (Å²) in [6, 6.07) is 5.68. The second-order valence-electron chi connectivity index (χ2n) is 6.25. The van der Waals surface area contributed by atoms with Crippen LogP contribution in [0.15, 0.2) is 36.8 Å². The molecular formula is C17H18N4O3S. The lowest BCUT2D eigenvalue weighted by molar-refractivity contribution is 0.0884. The number of hydrogen-bond acceptors (Lipinski definition) is 5. The molecule has 1 aromatic carbocycles. The standard InChI is InChI=1S/C17H18N4O3S/c1-21-17-5-11(3-4-12(17)6-19-21)13-7-18-8-14-15(13)9-24-10-16(14)20-25(2,22)23/h3-8,16,20H,9-10H2,1-2H3. The van der Waals surface area contributed by atoms with Gasteiger partial charge in [-0.2, -0.15) is 5.10 Å². The van der Waals surface area contributed by atoms with Crippen molar-refractivity contribution >= 4 is 20.9 Å². The van der Waals surface area contributed by atoms with Crippen molar-refractivity contribution in [3.63, 3.8) is 0 Å². The van der Waals surface area contributed by atoms with E-state index in [2.05, 4.69) is 20.9 Å². The predicted molar refractivity (Wildman–Crippen MR) is 94.3 cm³/mol. The van der Waals surface area contributed by atoms with E-state index in [1.165, 1.54) is 0 Å². The topological polar surface area (TPSA) is 86.1 Å². The first kappa shape index (κ1) is 16.2. The van der Waals surface area contributed by atoms with Crippen molar-refractivity contribution in [2.24, 2.45) is 7.05 Å². The minimum atomic E-state index is -3.34. The number of nitrogens with one attached hydrogen (secondary N) is 1. The van der Waals surface area contributed by atoms with Crippen LogP contribution in [0.5, 0.6) is 0 Å². The Morgan fingerprint density at radius 1 is 1.28 bits per heavy atom. The Labute approximate surface area is 145 Å². The van der Waals surface area contributed by atoms with Gasteiger partial charge in [0.05, 0.1) is 37.2 Å². The van der Waals surface area contributed by atoms with Crippen molar-refractivity contribution in [3.8, 4) is 11.1 Å². The van der Waals surface area contributed by atoms with E-state index in [0.29, 0.717) is 13.2 Å². The monoisotopic (exact) mass is 358 g/mol. The van der Waals surface area contributed by atoms with Crippen molar-refractivity contribution < 1.29 is 13.2 Å². The van der Waals surface area contributed by atoms with E-state index in [1.807, 2.05) is 30.1 Å². The van der Waals surface area contributed by atoms with Gasteiger partial charge in [-0.05, 0) is 22.8 Å². The van der Waals surface area contributed by atoms with Gasteiger partial charge in [-0.1, -0.05) is 12.1 Å². The average Bonchev–Trinajstić information content (AvgIpc) is 2.94. The van der Waals surface area contributed by atoms with E-state index in [9.17, 15) is 8.42 Å². The average molecular weight is 358 g/mol. The number of benzene rings is 1. The van der Waals surface area contributed by atoms with E-state index in [1.54, 1.807) is 12.4 Å². The molecule has 4 rings (SSSR count). The third-order valence-electron chi connectivity index (χ3n) is 4.41. The Morgan fingerprint density at radius 2 is 2.12 bits per heavy atom. The highest BCUT2D eigenvalue weighted by molar-refractivity contribution is 7.88. The molecule has 0 amide bonds. The zero-order chi connectivity index (χ0) is 17.6. The molecule has 0 saturated heterocycles. The molecule has 1 aliphatic rings. The molecule has 1 atom stereocenters. The number of fused-ring (bicyclic) bond motifs is 2. The zero-order valence-corrected chi connectivity index (χ0v) is 14.7. The third kappa shape index (κ3) is 3.04. The highest BCUT2D eigenvalue weighted by atomic mass is 32.2. The maximum Gasteiger partial charge on any atom is 0.209 e. The molecule has 1 N–H and O–H groups in total. The fourth-order valence-electron chi connectivity index (χ4n) is 3.25.